The number of fused-ring (bicyclic) bond motifs is 7. The van der Waals surface area contributed by atoms with Gasteiger partial charge in [0.2, 0.25) is 10.0 Å². The van der Waals surface area contributed by atoms with E-state index in [1.54, 1.807) is 18.2 Å². The van der Waals surface area contributed by atoms with Gasteiger partial charge in [0.25, 0.3) is 0 Å². The van der Waals surface area contributed by atoms with Gasteiger partial charge < -0.3 is 15.2 Å². The Hall–Kier alpha value is -1.49. The predicted molar refractivity (Wildman–Crippen MR) is 206 cm³/mol. The number of rotatable bonds is 10. The largest absolute Gasteiger partial charge is 0.481 e. The van der Waals surface area contributed by atoms with Crippen molar-refractivity contribution >= 4 is 22.0 Å². The van der Waals surface area contributed by atoms with E-state index >= 15 is 0 Å². The number of carbonyl (C=O) groups is 2. The summed E-state index contributed by atoms with van der Waals surface area (Å²) in [5.74, 6) is 1.45. The monoisotopic (exact) mass is 746 g/mol. The number of sulfonamides is 1. The van der Waals surface area contributed by atoms with Gasteiger partial charge >= 0.3 is 11.9 Å². The van der Waals surface area contributed by atoms with Crippen LogP contribution in [0.5, 0.6) is 0 Å². The summed E-state index contributed by atoms with van der Waals surface area (Å²) in [6.07, 6.45) is 12.6. The molecule has 10 heteroatoms. The number of carboxylic acids is 1. The van der Waals surface area contributed by atoms with Crippen molar-refractivity contribution in [2.75, 3.05) is 45.5 Å². The molecule has 0 radical (unpaired) electrons. The maximum atomic E-state index is 13.1. The summed E-state index contributed by atoms with van der Waals surface area (Å²) in [4.78, 5) is 27.3. The maximum absolute atomic E-state index is 13.1. The molecular formula is C42H71N3O6S. The molecule has 0 amide bonds. The van der Waals surface area contributed by atoms with Crippen molar-refractivity contribution in [3.05, 3.63) is 12.2 Å². The van der Waals surface area contributed by atoms with Crippen LogP contribution in [0.4, 0.5) is 0 Å². The van der Waals surface area contributed by atoms with Gasteiger partial charge in [-0.05, 0) is 131 Å². The molecule has 6 rings (SSSR count). The van der Waals surface area contributed by atoms with Crippen LogP contribution in [-0.4, -0.2) is 91.8 Å². The molecule has 6 aliphatic rings. The third-order valence-electron chi connectivity index (χ3n) is 17.2. The highest BCUT2D eigenvalue weighted by Crippen LogP contribution is 2.76. The first-order chi connectivity index (χ1) is 24.0. The number of aliphatic carboxylic acids is 1. The van der Waals surface area contributed by atoms with E-state index in [-0.39, 0.29) is 45.7 Å². The summed E-state index contributed by atoms with van der Waals surface area (Å²) in [6.45, 7) is 27.2. The minimum atomic E-state index is -3.13. The van der Waals surface area contributed by atoms with Crippen molar-refractivity contribution in [2.24, 2.45) is 56.7 Å². The van der Waals surface area contributed by atoms with E-state index in [9.17, 15) is 23.1 Å². The number of carboxylic acid groups (broad SMARTS) is 1. The molecule has 0 aromatic carbocycles. The molecule has 0 aromatic rings. The summed E-state index contributed by atoms with van der Waals surface area (Å²) in [7, 11) is -3.13. The summed E-state index contributed by atoms with van der Waals surface area (Å²) in [5, 5.41) is 13.8. The van der Waals surface area contributed by atoms with Crippen LogP contribution in [0.15, 0.2) is 12.2 Å². The van der Waals surface area contributed by atoms with Crippen LogP contribution < -0.4 is 5.32 Å². The molecule has 10 atom stereocenters. The highest BCUT2D eigenvalue weighted by atomic mass is 32.2. The smallest absolute Gasteiger partial charge is 0.309 e. The molecule has 2 N–H and O–H groups in total. The van der Waals surface area contributed by atoms with Crippen molar-refractivity contribution in [3.63, 3.8) is 0 Å². The lowest BCUT2D eigenvalue weighted by Crippen LogP contribution is -2.69. The van der Waals surface area contributed by atoms with Crippen LogP contribution in [0.2, 0.25) is 0 Å². The van der Waals surface area contributed by atoms with Crippen molar-refractivity contribution in [3.8, 4) is 0 Å². The Labute approximate surface area is 315 Å². The molecule has 9 nitrogen and oxygen atoms in total. The van der Waals surface area contributed by atoms with E-state index in [1.807, 2.05) is 0 Å². The second kappa shape index (κ2) is 13.6. The van der Waals surface area contributed by atoms with Gasteiger partial charge in [-0.2, -0.15) is 4.31 Å². The van der Waals surface area contributed by atoms with Gasteiger partial charge in [0.1, 0.15) is 6.10 Å². The Morgan fingerprint density at radius 2 is 1.56 bits per heavy atom. The Bertz CT molecular complexity index is 1520. The molecule has 0 bridgehead atoms. The van der Waals surface area contributed by atoms with Crippen LogP contribution in [0.1, 0.15) is 126 Å². The third-order valence-corrected chi connectivity index (χ3v) is 18.5. The Morgan fingerprint density at radius 3 is 2.17 bits per heavy atom. The molecule has 1 saturated heterocycles. The molecule has 296 valence electrons. The average Bonchev–Trinajstić information content (AvgIpc) is 3.42. The van der Waals surface area contributed by atoms with Gasteiger partial charge in [0.05, 0.1) is 18.1 Å². The van der Waals surface area contributed by atoms with E-state index in [4.69, 9.17) is 4.74 Å². The van der Waals surface area contributed by atoms with Crippen LogP contribution in [0.25, 0.3) is 0 Å². The van der Waals surface area contributed by atoms with Crippen molar-refractivity contribution < 1.29 is 27.9 Å². The van der Waals surface area contributed by atoms with Crippen molar-refractivity contribution in [1.29, 1.82) is 0 Å². The van der Waals surface area contributed by atoms with Gasteiger partial charge in [-0.15, -0.1) is 0 Å². The van der Waals surface area contributed by atoms with Gasteiger partial charge in [-0.25, -0.2) is 8.42 Å². The average molecular weight is 746 g/mol. The summed E-state index contributed by atoms with van der Waals surface area (Å²) >= 11 is 0. The van der Waals surface area contributed by atoms with Gasteiger partial charge in [-0.3, -0.25) is 14.5 Å². The van der Waals surface area contributed by atoms with E-state index < -0.39 is 21.4 Å². The molecule has 0 aromatic heterocycles. The number of hydrogen-bond donors (Lipinski definition) is 2. The fourth-order valence-electron chi connectivity index (χ4n) is 14.0. The lowest BCUT2D eigenvalue weighted by Gasteiger charge is -2.73. The van der Waals surface area contributed by atoms with Crippen LogP contribution in [-0.2, 0) is 24.3 Å². The minimum Gasteiger partial charge on any atom is -0.481 e. The lowest BCUT2D eigenvalue weighted by atomic mass is 9.32. The standard InChI is InChI=1S/C42H71N3O6S/c1-28(2)29-13-18-42(43-21-22-44-23-25-45(26-24-44)52(10,49)50)20-19-40(8)30(35(29)42)11-12-32-39(7)16-15-33(51-34(46)27-37(3,4)36(47)48)38(5,6)31(39)14-17-41(32,40)9/h29-33,35,43H,1,11-27H2,2-10H3,(H,47,48). The normalized spacial score (nSPS) is 42.3. The number of allylic oxidation sites excluding steroid dienone is 1. The topological polar surface area (TPSA) is 116 Å². The predicted octanol–water partition coefficient (Wildman–Crippen LogP) is 6.98. The SMILES string of the molecule is C=C(C)C1CCC2(NCCN3CCN(S(C)(=O)=O)CC3)CCC3(C)C(CCC4C5(C)CCC(OC(=O)CC(C)(C)C(=O)O)C(C)(C)C5CCC43C)C12. The molecule has 10 unspecified atom stereocenters. The molecule has 6 fully saturated rings. The first kappa shape index (κ1) is 40.2. The summed E-state index contributed by atoms with van der Waals surface area (Å²) in [5.41, 5.74) is 0.762. The van der Waals surface area contributed by atoms with Gasteiger partial charge in [0.15, 0.2) is 0 Å². The lowest BCUT2D eigenvalue weighted by molar-refractivity contribution is -0.246. The second-order valence-corrected chi connectivity index (χ2v) is 22.5. The van der Waals surface area contributed by atoms with Crippen molar-refractivity contribution in [2.45, 2.75) is 138 Å². The molecule has 1 heterocycles. The third kappa shape index (κ3) is 6.53. The van der Waals surface area contributed by atoms with E-state index in [0.29, 0.717) is 42.7 Å². The number of ether oxygens (including phenoxy) is 1. The van der Waals surface area contributed by atoms with E-state index in [1.165, 1.54) is 56.8 Å². The Morgan fingerprint density at radius 1 is 0.885 bits per heavy atom. The molecule has 1 aliphatic heterocycles. The van der Waals surface area contributed by atoms with E-state index in [0.717, 1.165) is 45.4 Å². The quantitative estimate of drug-likeness (QED) is 0.182. The maximum Gasteiger partial charge on any atom is 0.309 e. The van der Waals surface area contributed by atoms with E-state index in [2.05, 4.69) is 58.3 Å². The molecular weight excluding hydrogens is 675 g/mol. The van der Waals surface area contributed by atoms with Crippen LogP contribution >= 0.6 is 0 Å². The number of nitrogens with one attached hydrogen (secondary N) is 1. The highest BCUT2D eigenvalue weighted by molar-refractivity contribution is 7.88. The minimum absolute atomic E-state index is 0.109. The second-order valence-electron chi connectivity index (χ2n) is 20.5. The molecule has 5 aliphatic carbocycles. The number of nitrogens with zero attached hydrogens (tertiary/aromatic N) is 2. The summed E-state index contributed by atoms with van der Waals surface area (Å²) in [6, 6.07) is 0. The zero-order chi connectivity index (χ0) is 38.3. The zero-order valence-electron chi connectivity index (χ0n) is 34.0. The number of hydrogen-bond acceptors (Lipinski definition) is 7. The number of esters is 1. The fraction of sp³-hybridized carbons (Fsp3) is 0.905. The molecule has 5 saturated carbocycles. The van der Waals surface area contributed by atoms with Crippen LogP contribution in [0.3, 0.4) is 0 Å². The first-order valence-electron chi connectivity index (χ1n) is 20.5. The zero-order valence-corrected chi connectivity index (χ0v) is 34.8. The fourth-order valence-corrected chi connectivity index (χ4v) is 14.8. The summed E-state index contributed by atoms with van der Waals surface area (Å²) < 4.78 is 31.9. The number of piperazine rings is 1. The van der Waals surface area contributed by atoms with Crippen molar-refractivity contribution in [1.82, 2.24) is 14.5 Å². The Kier molecular flexibility index (Phi) is 10.5. The molecule has 52 heavy (non-hydrogen) atoms. The first-order valence-corrected chi connectivity index (χ1v) is 22.4. The van der Waals surface area contributed by atoms with Gasteiger partial charge in [0, 0.05) is 50.2 Å². The van der Waals surface area contributed by atoms with Crippen LogP contribution in [0, 0.1) is 56.7 Å². The number of carbonyl (C=O) groups excluding carboxylic acids is 1. The van der Waals surface area contributed by atoms with Gasteiger partial charge in [-0.1, -0.05) is 46.8 Å². The Balaban J connectivity index is 1.18. The highest BCUT2D eigenvalue weighted by Gasteiger charge is 2.71. The molecule has 0 spiro atoms.